The van der Waals surface area contributed by atoms with E-state index in [0.29, 0.717) is 18.5 Å². The third kappa shape index (κ3) is 4.41. The fourth-order valence-electron chi connectivity index (χ4n) is 5.95. The van der Waals surface area contributed by atoms with Gasteiger partial charge in [0.15, 0.2) is 19.7 Å². The van der Waals surface area contributed by atoms with Crippen LogP contribution in [0.1, 0.15) is 38.7 Å². The van der Waals surface area contributed by atoms with Crippen molar-refractivity contribution >= 4 is 42.9 Å². The number of carbonyl (C=O) groups is 1. The smallest absolute Gasteiger partial charge is 0.175 e. The fourth-order valence-corrected chi connectivity index (χ4v) is 8.18. The number of para-hydroxylation sites is 1. The molecular weight excluding hydrogens is 520 g/mol. The van der Waals surface area contributed by atoms with Crippen molar-refractivity contribution in [3.05, 3.63) is 83.6 Å². The Morgan fingerprint density at radius 3 is 2.45 bits per heavy atom. The molecule has 0 fully saturated rings. The predicted octanol–water partition coefficient (Wildman–Crippen LogP) is 4.54. The highest BCUT2D eigenvalue weighted by Gasteiger charge is 2.48. The van der Waals surface area contributed by atoms with Gasteiger partial charge < -0.3 is 15.0 Å². The largest absolute Gasteiger partial charge is 0.372 e. The highest BCUT2D eigenvalue weighted by molar-refractivity contribution is 7.93. The zero-order chi connectivity index (χ0) is 27.3. The van der Waals surface area contributed by atoms with E-state index in [1.54, 1.807) is 19.1 Å². The van der Waals surface area contributed by atoms with Crippen LogP contribution in [0, 0.1) is 0 Å². The van der Waals surface area contributed by atoms with Gasteiger partial charge in [0.25, 0.3) is 0 Å². The Morgan fingerprint density at radius 1 is 1.08 bits per heavy atom. The maximum Gasteiger partial charge on any atom is 0.175 e. The lowest BCUT2D eigenvalue weighted by Gasteiger charge is -2.41. The van der Waals surface area contributed by atoms with Crippen LogP contribution in [-0.2, 0) is 24.5 Å². The molecule has 5 rings (SSSR count). The van der Waals surface area contributed by atoms with Gasteiger partial charge >= 0.3 is 0 Å². The molecule has 1 aliphatic carbocycles. The summed E-state index contributed by atoms with van der Waals surface area (Å²) < 4.78 is 49.9. The van der Waals surface area contributed by atoms with Gasteiger partial charge in [-0.1, -0.05) is 43.4 Å². The second-order valence-electron chi connectivity index (χ2n) is 10.3. The third-order valence-electron chi connectivity index (χ3n) is 7.90. The number of fused-ring (bicyclic) bond motifs is 6. The van der Waals surface area contributed by atoms with Gasteiger partial charge in [0.2, 0.25) is 0 Å². The number of anilines is 2. The van der Waals surface area contributed by atoms with Crippen molar-refractivity contribution in [3.63, 3.8) is 0 Å². The number of nitrogens with one attached hydrogen (secondary N) is 1. The van der Waals surface area contributed by atoms with E-state index in [0.717, 1.165) is 40.6 Å². The van der Waals surface area contributed by atoms with Crippen molar-refractivity contribution in [2.45, 2.75) is 54.8 Å². The van der Waals surface area contributed by atoms with Gasteiger partial charge in [0.1, 0.15) is 12.3 Å². The molecule has 200 valence electrons. The van der Waals surface area contributed by atoms with Gasteiger partial charge in [-0.3, -0.25) is 0 Å². The average molecular weight is 553 g/mol. The number of nitrogens with zero attached hydrogens (tertiary/aromatic N) is 1. The van der Waals surface area contributed by atoms with Crippen LogP contribution in [0.2, 0.25) is 0 Å². The first-order valence-corrected chi connectivity index (χ1v) is 16.3. The second-order valence-corrected chi connectivity index (χ2v) is 15.0. The summed E-state index contributed by atoms with van der Waals surface area (Å²) in [5.41, 5.74) is 5.33. The predicted molar refractivity (Wildman–Crippen MR) is 152 cm³/mol. The molecule has 3 aliphatic rings. The maximum absolute atomic E-state index is 13.6. The lowest BCUT2D eigenvalue weighted by molar-refractivity contribution is -0.107. The van der Waals surface area contributed by atoms with Crippen LogP contribution in [0.4, 0.5) is 11.4 Å². The Labute approximate surface area is 224 Å². The Hall–Kier alpha value is -3.17. The molecule has 0 saturated heterocycles. The molecule has 9 heteroatoms. The number of hydrogen-bond acceptors (Lipinski definition) is 7. The van der Waals surface area contributed by atoms with Gasteiger partial charge in [-0.15, -0.1) is 0 Å². The quantitative estimate of drug-likeness (QED) is 0.503. The van der Waals surface area contributed by atoms with E-state index < -0.39 is 30.5 Å². The molecule has 0 radical (unpaired) electrons. The molecule has 7 nitrogen and oxygen atoms in total. The Morgan fingerprint density at radius 2 is 1.79 bits per heavy atom. The van der Waals surface area contributed by atoms with Crippen molar-refractivity contribution in [1.29, 1.82) is 0 Å². The minimum Gasteiger partial charge on any atom is -0.372 e. The molecule has 38 heavy (non-hydrogen) atoms. The van der Waals surface area contributed by atoms with Gasteiger partial charge in [0.05, 0.1) is 9.64 Å². The van der Waals surface area contributed by atoms with Gasteiger partial charge in [-0.05, 0) is 61.2 Å². The molecule has 2 heterocycles. The van der Waals surface area contributed by atoms with Gasteiger partial charge in [-0.2, -0.15) is 0 Å². The molecule has 2 aliphatic heterocycles. The van der Waals surface area contributed by atoms with E-state index in [1.165, 1.54) is 12.1 Å². The first-order valence-electron chi connectivity index (χ1n) is 12.7. The molecule has 0 saturated carbocycles. The third-order valence-corrected chi connectivity index (χ3v) is 11.4. The zero-order valence-electron chi connectivity index (χ0n) is 21.7. The standard InChI is InChI=1S/C29H32N2O5S2/c1-4-38(35,36)29-15-7-8-21(17-29)24-9-5-6-10-27(24)31-20(2)16-25(28(31)18-29)26(19-32)30-22-11-13-23(14-12-22)37(3,33)34/h5-15,19-20,26,30H,4,16-18H2,1-3H3/t20?,26-,29?/m0/s1. The van der Waals surface area contributed by atoms with Crippen molar-refractivity contribution in [3.8, 4) is 0 Å². The van der Waals surface area contributed by atoms with Crippen molar-refractivity contribution < 1.29 is 21.6 Å². The summed E-state index contributed by atoms with van der Waals surface area (Å²) in [4.78, 5) is 14.9. The monoisotopic (exact) mass is 552 g/mol. The lowest BCUT2D eigenvalue weighted by atomic mass is 9.83. The molecule has 0 amide bonds. The Balaban J connectivity index is 1.65. The van der Waals surface area contributed by atoms with Crippen molar-refractivity contribution in [2.24, 2.45) is 0 Å². The molecule has 2 aromatic carbocycles. The normalized spacial score (nSPS) is 23.6. The maximum atomic E-state index is 13.6. The first-order chi connectivity index (χ1) is 18.0. The van der Waals surface area contributed by atoms with Crippen LogP contribution in [0.3, 0.4) is 0 Å². The van der Waals surface area contributed by atoms with Crippen molar-refractivity contribution in [2.75, 3.05) is 22.2 Å². The van der Waals surface area contributed by atoms with Gasteiger partial charge in [0, 0.05) is 47.1 Å². The van der Waals surface area contributed by atoms with E-state index in [1.807, 2.05) is 36.4 Å². The topological polar surface area (TPSA) is 101 Å². The van der Waals surface area contributed by atoms with E-state index in [2.05, 4.69) is 23.2 Å². The number of hydrogen-bond donors (Lipinski definition) is 1. The highest BCUT2D eigenvalue weighted by atomic mass is 32.2. The van der Waals surface area contributed by atoms with Crippen LogP contribution in [0.15, 0.2) is 82.9 Å². The number of benzene rings is 2. The van der Waals surface area contributed by atoms with Crippen LogP contribution in [-0.4, -0.2) is 52.0 Å². The number of allylic oxidation sites excluding steroid dienone is 4. The van der Waals surface area contributed by atoms with Crippen LogP contribution in [0.25, 0.3) is 5.57 Å². The summed E-state index contributed by atoms with van der Waals surface area (Å²) >= 11 is 0. The second kappa shape index (κ2) is 9.54. The summed E-state index contributed by atoms with van der Waals surface area (Å²) in [5, 5.41) is 3.26. The number of sulfone groups is 2. The molecule has 2 bridgehead atoms. The average Bonchev–Trinajstić information content (AvgIpc) is 3.21. The van der Waals surface area contributed by atoms with Crippen LogP contribution in [0.5, 0.6) is 0 Å². The summed E-state index contributed by atoms with van der Waals surface area (Å²) in [6.07, 6.45) is 8.92. The minimum atomic E-state index is -3.50. The molecule has 3 atom stereocenters. The SMILES string of the molecule is CCS(=O)(=O)C12C=CC=C(C1)c1ccccc1N1C(=C([C@H](C=O)Nc3ccc(S(C)(=O)=O)cc3)CC1C)C2. The van der Waals surface area contributed by atoms with E-state index in [4.69, 9.17) is 0 Å². The number of aldehydes is 1. The van der Waals surface area contributed by atoms with E-state index in [-0.39, 0.29) is 23.1 Å². The molecule has 0 spiro atoms. The molecule has 2 aromatic rings. The fraction of sp³-hybridized carbons (Fsp3) is 0.345. The van der Waals surface area contributed by atoms with Crippen molar-refractivity contribution in [1.82, 2.24) is 0 Å². The van der Waals surface area contributed by atoms with Crippen LogP contribution < -0.4 is 10.2 Å². The number of rotatable bonds is 7. The van der Waals surface area contributed by atoms with E-state index in [9.17, 15) is 21.6 Å². The first kappa shape index (κ1) is 26.4. The van der Waals surface area contributed by atoms with E-state index >= 15 is 0 Å². The molecule has 2 unspecified atom stereocenters. The number of carbonyl (C=O) groups excluding carboxylic acids is 1. The Kier molecular flexibility index (Phi) is 6.64. The van der Waals surface area contributed by atoms with Crippen LogP contribution >= 0.6 is 0 Å². The zero-order valence-corrected chi connectivity index (χ0v) is 23.3. The summed E-state index contributed by atoms with van der Waals surface area (Å²) in [6.45, 7) is 3.78. The molecule has 1 N–H and O–H groups in total. The lowest BCUT2D eigenvalue weighted by Crippen LogP contribution is -2.43. The highest BCUT2D eigenvalue weighted by Crippen LogP contribution is 2.50. The van der Waals surface area contributed by atoms with Gasteiger partial charge in [-0.25, -0.2) is 16.8 Å². The Bertz CT molecular complexity index is 1590. The molecule has 0 aromatic heterocycles. The summed E-state index contributed by atoms with van der Waals surface area (Å²) in [6, 6.07) is 13.7. The summed E-state index contributed by atoms with van der Waals surface area (Å²) in [5.74, 6) is 0.0203. The minimum absolute atomic E-state index is 0.0165. The molecular formula is C29H32N2O5S2. The summed E-state index contributed by atoms with van der Waals surface area (Å²) in [7, 11) is -6.84.